The minimum Gasteiger partial charge on any atom is -0.343 e. The topological polar surface area (TPSA) is 87.3 Å². The lowest BCUT2D eigenvalue weighted by Crippen LogP contribution is -2.46. The molecular formula is C17H17N3O3. The summed E-state index contributed by atoms with van der Waals surface area (Å²) < 4.78 is 0. The number of hydrazine groups is 1. The molecule has 0 saturated carbocycles. The van der Waals surface area contributed by atoms with Gasteiger partial charge in [0, 0.05) is 11.1 Å². The smallest absolute Gasteiger partial charge is 0.269 e. The van der Waals surface area contributed by atoms with E-state index < -0.39 is 11.8 Å². The van der Waals surface area contributed by atoms with Crippen LogP contribution in [0.4, 0.5) is 0 Å². The maximum Gasteiger partial charge on any atom is 0.269 e. The number of nitrogens with one attached hydrogen (secondary N) is 3. The van der Waals surface area contributed by atoms with E-state index in [-0.39, 0.29) is 12.5 Å². The number of carbonyl (C=O) groups is 3. The van der Waals surface area contributed by atoms with Crippen molar-refractivity contribution in [1.29, 1.82) is 0 Å². The summed E-state index contributed by atoms with van der Waals surface area (Å²) in [6, 6.07) is 15.6. The predicted octanol–water partition coefficient (Wildman–Crippen LogP) is 1.19. The van der Waals surface area contributed by atoms with Gasteiger partial charge in [0.1, 0.15) is 0 Å². The van der Waals surface area contributed by atoms with Crippen LogP contribution in [0.15, 0.2) is 54.6 Å². The third-order valence-electron chi connectivity index (χ3n) is 3.15. The molecule has 2 rings (SSSR count). The van der Waals surface area contributed by atoms with Gasteiger partial charge in [0.2, 0.25) is 0 Å². The maximum atomic E-state index is 12.0. The zero-order chi connectivity index (χ0) is 16.7. The second-order valence-electron chi connectivity index (χ2n) is 4.87. The number of rotatable bonds is 4. The van der Waals surface area contributed by atoms with Crippen LogP contribution in [0.5, 0.6) is 0 Å². The molecule has 0 radical (unpaired) electrons. The molecule has 0 bridgehead atoms. The van der Waals surface area contributed by atoms with Crippen LogP contribution in [-0.4, -0.2) is 24.3 Å². The van der Waals surface area contributed by atoms with Gasteiger partial charge in [0.25, 0.3) is 17.7 Å². The minimum absolute atomic E-state index is 0.234. The Kier molecular flexibility index (Phi) is 5.46. The second kappa shape index (κ2) is 7.74. The van der Waals surface area contributed by atoms with E-state index in [0.717, 1.165) is 5.56 Å². The number of hydrogen-bond donors (Lipinski definition) is 3. The van der Waals surface area contributed by atoms with Crippen LogP contribution in [0.3, 0.4) is 0 Å². The van der Waals surface area contributed by atoms with Gasteiger partial charge in [-0.05, 0) is 30.7 Å². The zero-order valence-corrected chi connectivity index (χ0v) is 12.6. The highest BCUT2D eigenvalue weighted by Crippen LogP contribution is 2.06. The van der Waals surface area contributed by atoms with Gasteiger partial charge in [-0.3, -0.25) is 25.2 Å². The van der Waals surface area contributed by atoms with Gasteiger partial charge in [0.15, 0.2) is 0 Å². The van der Waals surface area contributed by atoms with E-state index in [1.807, 2.05) is 19.1 Å². The Hall–Kier alpha value is -3.15. The van der Waals surface area contributed by atoms with Crippen molar-refractivity contribution in [1.82, 2.24) is 16.2 Å². The Morgan fingerprint density at radius 1 is 0.826 bits per heavy atom. The first-order valence-electron chi connectivity index (χ1n) is 7.06. The molecule has 23 heavy (non-hydrogen) atoms. The lowest BCUT2D eigenvalue weighted by molar-refractivity contribution is -0.120. The Labute approximate surface area is 133 Å². The number of benzene rings is 2. The number of carbonyl (C=O) groups excluding carboxylic acids is 3. The lowest BCUT2D eigenvalue weighted by atomic mass is 10.1. The fraction of sp³-hybridized carbons (Fsp3) is 0.118. The Morgan fingerprint density at radius 2 is 1.48 bits per heavy atom. The Balaban J connectivity index is 1.78. The van der Waals surface area contributed by atoms with Crippen molar-refractivity contribution in [2.75, 3.05) is 6.54 Å². The van der Waals surface area contributed by atoms with Crippen molar-refractivity contribution >= 4 is 17.7 Å². The Bertz CT molecular complexity index is 714. The van der Waals surface area contributed by atoms with Gasteiger partial charge in [-0.15, -0.1) is 0 Å². The Morgan fingerprint density at radius 3 is 2.17 bits per heavy atom. The normalized spacial score (nSPS) is 9.78. The largest absolute Gasteiger partial charge is 0.343 e. The molecule has 0 spiro atoms. The van der Waals surface area contributed by atoms with Crippen LogP contribution in [0.1, 0.15) is 26.3 Å². The molecule has 0 heterocycles. The number of amides is 3. The summed E-state index contributed by atoms with van der Waals surface area (Å²) >= 11 is 0. The summed E-state index contributed by atoms with van der Waals surface area (Å²) in [6.07, 6.45) is 0. The average Bonchev–Trinajstić information content (AvgIpc) is 2.58. The summed E-state index contributed by atoms with van der Waals surface area (Å²) in [5, 5.41) is 2.50. The highest BCUT2D eigenvalue weighted by molar-refractivity contribution is 5.98. The van der Waals surface area contributed by atoms with E-state index in [4.69, 9.17) is 0 Å². The van der Waals surface area contributed by atoms with Crippen LogP contribution >= 0.6 is 0 Å². The van der Waals surface area contributed by atoms with Crippen molar-refractivity contribution in [2.24, 2.45) is 0 Å². The molecule has 6 nitrogen and oxygen atoms in total. The molecule has 2 aromatic carbocycles. The maximum absolute atomic E-state index is 12.0. The summed E-state index contributed by atoms with van der Waals surface area (Å²) in [4.78, 5) is 35.4. The van der Waals surface area contributed by atoms with Crippen LogP contribution in [0.25, 0.3) is 0 Å². The van der Waals surface area contributed by atoms with Gasteiger partial charge < -0.3 is 5.32 Å². The fourth-order valence-corrected chi connectivity index (χ4v) is 1.92. The lowest BCUT2D eigenvalue weighted by Gasteiger charge is -2.09. The highest BCUT2D eigenvalue weighted by atomic mass is 16.2. The number of aryl methyl sites for hydroxylation is 1. The van der Waals surface area contributed by atoms with E-state index in [0.29, 0.717) is 11.1 Å². The quantitative estimate of drug-likeness (QED) is 0.741. The molecule has 118 valence electrons. The molecule has 0 aliphatic rings. The van der Waals surface area contributed by atoms with E-state index in [9.17, 15) is 14.4 Å². The fourth-order valence-electron chi connectivity index (χ4n) is 1.92. The van der Waals surface area contributed by atoms with Gasteiger partial charge in [-0.2, -0.15) is 0 Å². The molecule has 0 aliphatic heterocycles. The molecular weight excluding hydrogens is 294 g/mol. The van der Waals surface area contributed by atoms with E-state index in [1.54, 1.807) is 42.5 Å². The molecule has 6 heteroatoms. The summed E-state index contributed by atoms with van der Waals surface area (Å²) in [5.74, 6) is -1.28. The third kappa shape index (κ3) is 4.67. The molecule has 0 unspecified atom stereocenters. The molecule has 0 fully saturated rings. The predicted molar refractivity (Wildman–Crippen MR) is 85.6 cm³/mol. The first-order valence-corrected chi connectivity index (χ1v) is 7.06. The minimum atomic E-state index is -0.517. The van der Waals surface area contributed by atoms with Crippen molar-refractivity contribution < 1.29 is 14.4 Å². The summed E-state index contributed by atoms with van der Waals surface area (Å²) in [6.45, 7) is 1.58. The monoisotopic (exact) mass is 311 g/mol. The van der Waals surface area contributed by atoms with Gasteiger partial charge in [0.05, 0.1) is 6.54 Å². The first kappa shape index (κ1) is 16.2. The van der Waals surface area contributed by atoms with Crippen molar-refractivity contribution in [3.05, 3.63) is 71.3 Å². The van der Waals surface area contributed by atoms with Crippen LogP contribution in [0.2, 0.25) is 0 Å². The molecule has 2 aromatic rings. The van der Waals surface area contributed by atoms with Crippen molar-refractivity contribution in [2.45, 2.75) is 6.92 Å². The van der Waals surface area contributed by atoms with Crippen molar-refractivity contribution in [3.63, 3.8) is 0 Å². The van der Waals surface area contributed by atoms with Gasteiger partial charge in [-0.25, -0.2) is 0 Å². The summed E-state index contributed by atoms with van der Waals surface area (Å²) in [7, 11) is 0. The van der Waals surface area contributed by atoms with Crippen LogP contribution < -0.4 is 16.2 Å². The standard InChI is InChI=1S/C17H17N3O3/c1-12-7-5-6-10-14(12)17(23)18-11-15(21)19-20-16(22)13-8-3-2-4-9-13/h2-10H,11H2,1H3,(H,18,23)(H,19,21)(H,20,22). The second-order valence-corrected chi connectivity index (χ2v) is 4.87. The SMILES string of the molecule is Cc1ccccc1C(=O)NCC(=O)NNC(=O)c1ccccc1. The van der Waals surface area contributed by atoms with E-state index in [2.05, 4.69) is 16.2 Å². The van der Waals surface area contributed by atoms with E-state index >= 15 is 0 Å². The highest BCUT2D eigenvalue weighted by Gasteiger charge is 2.11. The summed E-state index contributed by atoms with van der Waals surface area (Å²) in [5.41, 5.74) is 6.29. The third-order valence-corrected chi connectivity index (χ3v) is 3.15. The van der Waals surface area contributed by atoms with Crippen LogP contribution in [-0.2, 0) is 4.79 Å². The molecule has 3 amide bonds. The molecule has 3 N–H and O–H groups in total. The number of hydrogen-bond acceptors (Lipinski definition) is 3. The molecule has 0 atom stereocenters. The van der Waals surface area contributed by atoms with E-state index in [1.165, 1.54) is 0 Å². The molecule has 0 saturated heterocycles. The van der Waals surface area contributed by atoms with Gasteiger partial charge >= 0.3 is 0 Å². The average molecular weight is 311 g/mol. The first-order chi connectivity index (χ1) is 11.1. The van der Waals surface area contributed by atoms with Gasteiger partial charge in [-0.1, -0.05) is 36.4 Å². The zero-order valence-electron chi connectivity index (χ0n) is 12.6. The van der Waals surface area contributed by atoms with Crippen molar-refractivity contribution in [3.8, 4) is 0 Å². The molecule has 0 aliphatic carbocycles. The molecule has 0 aromatic heterocycles. The van der Waals surface area contributed by atoms with Crippen LogP contribution in [0, 0.1) is 6.92 Å².